The van der Waals surface area contributed by atoms with Crippen molar-refractivity contribution in [3.63, 3.8) is 0 Å². The predicted octanol–water partition coefficient (Wildman–Crippen LogP) is 1.06. The van der Waals surface area contributed by atoms with E-state index in [1.165, 1.54) is 6.42 Å². The molecular formula is C9H19ClN2O. The van der Waals surface area contributed by atoms with Crippen LogP contribution in [0, 0.1) is 5.41 Å². The normalized spacial score (nSPS) is 20.8. The largest absolute Gasteiger partial charge is 0.352 e. The number of hydrogen-bond donors (Lipinski definition) is 2. The van der Waals surface area contributed by atoms with Crippen LogP contribution in [-0.2, 0) is 4.79 Å². The molecule has 1 saturated carbocycles. The van der Waals surface area contributed by atoms with Gasteiger partial charge in [0.05, 0.1) is 0 Å². The van der Waals surface area contributed by atoms with Crippen LogP contribution in [0.5, 0.6) is 0 Å². The minimum Gasteiger partial charge on any atom is -0.352 e. The van der Waals surface area contributed by atoms with Crippen molar-refractivity contribution in [1.82, 2.24) is 5.32 Å². The van der Waals surface area contributed by atoms with E-state index in [0.29, 0.717) is 6.54 Å². The molecular weight excluding hydrogens is 188 g/mol. The number of carbonyl (C=O) groups excluding carboxylic acids is 1. The molecule has 0 aromatic rings. The van der Waals surface area contributed by atoms with E-state index in [2.05, 4.69) is 5.32 Å². The molecule has 0 aromatic heterocycles. The summed E-state index contributed by atoms with van der Waals surface area (Å²) in [7, 11) is 0. The Morgan fingerprint density at radius 2 is 2.15 bits per heavy atom. The minimum absolute atomic E-state index is 0. The molecule has 0 unspecified atom stereocenters. The van der Waals surface area contributed by atoms with Crippen LogP contribution in [0.1, 0.15) is 33.1 Å². The van der Waals surface area contributed by atoms with Crippen molar-refractivity contribution >= 4 is 18.3 Å². The Morgan fingerprint density at radius 1 is 1.62 bits per heavy atom. The van der Waals surface area contributed by atoms with Gasteiger partial charge in [0.2, 0.25) is 5.91 Å². The van der Waals surface area contributed by atoms with Crippen molar-refractivity contribution in [3.8, 4) is 0 Å². The van der Waals surface area contributed by atoms with Crippen molar-refractivity contribution in [2.75, 3.05) is 6.54 Å². The number of carbonyl (C=O) groups is 1. The fourth-order valence-electron chi connectivity index (χ4n) is 1.39. The lowest BCUT2D eigenvalue weighted by molar-refractivity contribution is -0.135. The molecule has 0 saturated heterocycles. The first-order valence-corrected chi connectivity index (χ1v) is 4.59. The van der Waals surface area contributed by atoms with E-state index in [1.807, 2.05) is 13.8 Å². The van der Waals surface area contributed by atoms with Gasteiger partial charge < -0.3 is 11.1 Å². The highest BCUT2D eigenvalue weighted by Gasteiger charge is 2.39. The summed E-state index contributed by atoms with van der Waals surface area (Å²) in [6, 6.07) is 0.106. The molecule has 4 heteroatoms. The smallest absolute Gasteiger partial charge is 0.226 e. The van der Waals surface area contributed by atoms with Gasteiger partial charge in [0.15, 0.2) is 0 Å². The Morgan fingerprint density at radius 3 is 2.46 bits per heavy atom. The molecule has 0 spiro atoms. The standard InChI is InChI=1S/C9H18N2O.ClH/c1-7(6-10)11-8(12)9(2)4-3-5-9;/h7H,3-6,10H2,1-2H3,(H,11,12);1H/t7-;/m0./s1. The van der Waals surface area contributed by atoms with Crippen LogP contribution < -0.4 is 11.1 Å². The van der Waals surface area contributed by atoms with Gasteiger partial charge in [0, 0.05) is 18.0 Å². The van der Waals surface area contributed by atoms with Gasteiger partial charge in [-0.05, 0) is 19.8 Å². The summed E-state index contributed by atoms with van der Waals surface area (Å²) in [6.45, 7) is 4.47. The second kappa shape index (κ2) is 4.82. The Balaban J connectivity index is 0.00000144. The molecule has 1 atom stereocenters. The van der Waals surface area contributed by atoms with Gasteiger partial charge >= 0.3 is 0 Å². The van der Waals surface area contributed by atoms with E-state index in [1.54, 1.807) is 0 Å². The lowest BCUT2D eigenvalue weighted by atomic mass is 9.70. The van der Waals surface area contributed by atoms with E-state index in [4.69, 9.17) is 5.73 Å². The van der Waals surface area contributed by atoms with Gasteiger partial charge in [-0.1, -0.05) is 13.3 Å². The molecule has 78 valence electrons. The fourth-order valence-corrected chi connectivity index (χ4v) is 1.39. The Bertz CT molecular complexity index is 180. The summed E-state index contributed by atoms with van der Waals surface area (Å²) in [5.41, 5.74) is 5.31. The topological polar surface area (TPSA) is 55.1 Å². The van der Waals surface area contributed by atoms with Crippen LogP contribution >= 0.6 is 12.4 Å². The zero-order valence-electron chi connectivity index (χ0n) is 8.30. The maximum atomic E-state index is 11.5. The van der Waals surface area contributed by atoms with Crippen molar-refractivity contribution < 1.29 is 4.79 Å². The molecule has 3 N–H and O–H groups in total. The molecule has 1 rings (SSSR count). The van der Waals surface area contributed by atoms with Crippen LogP contribution in [-0.4, -0.2) is 18.5 Å². The number of nitrogens with two attached hydrogens (primary N) is 1. The van der Waals surface area contributed by atoms with Gasteiger partial charge in [-0.3, -0.25) is 4.79 Å². The minimum atomic E-state index is -0.0938. The molecule has 0 aliphatic heterocycles. The van der Waals surface area contributed by atoms with Gasteiger partial charge in [-0.15, -0.1) is 12.4 Å². The molecule has 3 nitrogen and oxygen atoms in total. The van der Waals surface area contributed by atoms with Crippen molar-refractivity contribution in [2.45, 2.75) is 39.2 Å². The summed E-state index contributed by atoms with van der Waals surface area (Å²) >= 11 is 0. The quantitative estimate of drug-likeness (QED) is 0.726. The third kappa shape index (κ3) is 2.85. The molecule has 0 radical (unpaired) electrons. The van der Waals surface area contributed by atoms with Gasteiger partial charge in [0.1, 0.15) is 0 Å². The lowest BCUT2D eigenvalue weighted by Gasteiger charge is -2.37. The number of nitrogens with one attached hydrogen (secondary N) is 1. The summed E-state index contributed by atoms with van der Waals surface area (Å²) in [5, 5.41) is 2.91. The molecule has 1 fully saturated rings. The maximum Gasteiger partial charge on any atom is 0.226 e. The molecule has 13 heavy (non-hydrogen) atoms. The molecule has 0 aromatic carbocycles. The highest BCUT2D eigenvalue weighted by Crippen LogP contribution is 2.40. The van der Waals surface area contributed by atoms with Crippen molar-refractivity contribution in [2.24, 2.45) is 11.1 Å². The number of halogens is 1. The third-order valence-electron chi connectivity index (χ3n) is 2.74. The second-order valence-corrected chi connectivity index (χ2v) is 4.02. The average Bonchev–Trinajstić information content (AvgIpc) is 1.99. The molecule has 1 aliphatic carbocycles. The lowest BCUT2D eigenvalue weighted by Crippen LogP contribution is -2.48. The zero-order chi connectivity index (χ0) is 9.19. The summed E-state index contributed by atoms with van der Waals surface area (Å²) in [5.74, 6) is 0.173. The first-order valence-electron chi connectivity index (χ1n) is 4.59. The number of hydrogen-bond acceptors (Lipinski definition) is 2. The molecule has 1 aliphatic rings. The van der Waals surface area contributed by atoms with Crippen LogP contribution in [0.15, 0.2) is 0 Å². The van der Waals surface area contributed by atoms with Crippen molar-refractivity contribution in [3.05, 3.63) is 0 Å². The Labute approximate surface area is 85.9 Å². The van der Waals surface area contributed by atoms with E-state index in [0.717, 1.165) is 12.8 Å². The first-order chi connectivity index (χ1) is 5.58. The maximum absolute atomic E-state index is 11.5. The van der Waals surface area contributed by atoms with Crippen LogP contribution in [0.3, 0.4) is 0 Å². The highest BCUT2D eigenvalue weighted by molar-refractivity contribution is 5.85. The van der Waals surface area contributed by atoms with Gasteiger partial charge in [-0.2, -0.15) is 0 Å². The number of amides is 1. The summed E-state index contributed by atoms with van der Waals surface area (Å²) < 4.78 is 0. The monoisotopic (exact) mass is 206 g/mol. The highest BCUT2D eigenvalue weighted by atomic mass is 35.5. The van der Waals surface area contributed by atoms with Gasteiger partial charge in [0.25, 0.3) is 0 Å². The van der Waals surface area contributed by atoms with E-state index in [-0.39, 0.29) is 29.8 Å². The van der Waals surface area contributed by atoms with E-state index in [9.17, 15) is 4.79 Å². The van der Waals surface area contributed by atoms with Crippen molar-refractivity contribution in [1.29, 1.82) is 0 Å². The molecule has 0 heterocycles. The van der Waals surface area contributed by atoms with Crippen LogP contribution in [0.25, 0.3) is 0 Å². The SMILES string of the molecule is C[C@@H](CN)NC(=O)C1(C)CCC1.Cl. The summed E-state index contributed by atoms with van der Waals surface area (Å²) in [6.07, 6.45) is 3.23. The average molecular weight is 207 g/mol. The molecule has 1 amide bonds. The Hall–Kier alpha value is -0.280. The zero-order valence-corrected chi connectivity index (χ0v) is 9.12. The summed E-state index contributed by atoms with van der Waals surface area (Å²) in [4.78, 5) is 11.5. The first kappa shape index (κ1) is 12.7. The van der Waals surface area contributed by atoms with E-state index < -0.39 is 0 Å². The third-order valence-corrected chi connectivity index (χ3v) is 2.74. The Kier molecular flexibility index (Phi) is 4.71. The predicted molar refractivity (Wildman–Crippen MR) is 55.9 cm³/mol. The number of rotatable bonds is 3. The fraction of sp³-hybridized carbons (Fsp3) is 0.889. The second-order valence-electron chi connectivity index (χ2n) is 4.02. The van der Waals surface area contributed by atoms with Crippen LogP contribution in [0.4, 0.5) is 0 Å². The van der Waals surface area contributed by atoms with Gasteiger partial charge in [-0.25, -0.2) is 0 Å². The van der Waals surface area contributed by atoms with E-state index >= 15 is 0 Å². The molecule has 0 bridgehead atoms. The van der Waals surface area contributed by atoms with Crippen LogP contribution in [0.2, 0.25) is 0 Å².